The number of nitrogens with zero attached hydrogens (tertiary/aromatic N) is 1. The molecule has 1 aliphatic heterocycles. The predicted molar refractivity (Wildman–Crippen MR) is 103 cm³/mol. The molecule has 1 saturated heterocycles. The average molecular weight is 353 g/mol. The molecule has 0 radical (unpaired) electrons. The van der Waals surface area contributed by atoms with E-state index in [1.54, 1.807) is 7.11 Å². The number of hydrogen-bond acceptors (Lipinski definition) is 3. The lowest BCUT2D eigenvalue weighted by molar-refractivity contribution is 0.180. The van der Waals surface area contributed by atoms with Crippen molar-refractivity contribution in [2.45, 2.75) is 32.0 Å². The summed E-state index contributed by atoms with van der Waals surface area (Å²) in [5.74, 6) is 0.884. The zero-order valence-electron chi connectivity index (χ0n) is 15.3. The van der Waals surface area contributed by atoms with E-state index in [-0.39, 0.29) is 12.1 Å². The van der Waals surface area contributed by atoms with Crippen LogP contribution in [0.4, 0.5) is 4.79 Å². The number of amides is 2. The number of carbonyl (C=O) groups is 1. The third kappa shape index (κ3) is 5.49. The second-order valence-corrected chi connectivity index (χ2v) is 6.74. The standard InChI is InChI=1S/C21H27N3O2/c1-26-20-11-5-9-18(13-20)15-24-12-6-10-19(16-24)23-21(25)22-14-17-7-3-2-4-8-17/h2-5,7-9,11,13,19H,6,10,12,14-16H2,1H3,(H2,22,23,25)/t19-/m0/s1. The van der Waals surface area contributed by atoms with E-state index < -0.39 is 0 Å². The first-order chi connectivity index (χ1) is 12.7. The van der Waals surface area contributed by atoms with Crippen molar-refractivity contribution in [1.29, 1.82) is 0 Å². The van der Waals surface area contributed by atoms with E-state index in [1.807, 2.05) is 42.5 Å². The number of carbonyl (C=O) groups excluding carboxylic acids is 1. The van der Waals surface area contributed by atoms with Crippen molar-refractivity contribution in [1.82, 2.24) is 15.5 Å². The molecule has 1 aliphatic rings. The Morgan fingerprint density at radius 1 is 1.15 bits per heavy atom. The number of hydrogen-bond donors (Lipinski definition) is 2. The molecule has 0 saturated carbocycles. The Morgan fingerprint density at radius 2 is 1.96 bits per heavy atom. The first-order valence-corrected chi connectivity index (χ1v) is 9.16. The van der Waals surface area contributed by atoms with Crippen LogP contribution in [0, 0.1) is 0 Å². The Hall–Kier alpha value is -2.53. The molecule has 0 aliphatic carbocycles. The van der Waals surface area contributed by atoms with Crippen molar-refractivity contribution in [2.24, 2.45) is 0 Å². The fraction of sp³-hybridized carbons (Fsp3) is 0.381. The van der Waals surface area contributed by atoms with Crippen LogP contribution in [-0.4, -0.2) is 37.2 Å². The second-order valence-electron chi connectivity index (χ2n) is 6.74. The van der Waals surface area contributed by atoms with Gasteiger partial charge in [0.15, 0.2) is 0 Å². The number of benzene rings is 2. The first kappa shape index (κ1) is 18.3. The summed E-state index contributed by atoms with van der Waals surface area (Å²) in [5.41, 5.74) is 2.34. The van der Waals surface area contributed by atoms with Crippen molar-refractivity contribution in [3.8, 4) is 5.75 Å². The van der Waals surface area contributed by atoms with Crippen LogP contribution in [0.1, 0.15) is 24.0 Å². The summed E-state index contributed by atoms with van der Waals surface area (Å²) in [4.78, 5) is 14.6. The summed E-state index contributed by atoms with van der Waals surface area (Å²) >= 11 is 0. The monoisotopic (exact) mass is 353 g/mol. The second kappa shape index (κ2) is 9.25. The van der Waals surface area contributed by atoms with Crippen LogP contribution in [-0.2, 0) is 13.1 Å². The number of methoxy groups -OCH3 is 1. The van der Waals surface area contributed by atoms with Crippen molar-refractivity contribution in [3.05, 3.63) is 65.7 Å². The lowest BCUT2D eigenvalue weighted by Gasteiger charge is -2.33. The Labute approximate surface area is 155 Å². The molecule has 2 amide bonds. The molecule has 1 atom stereocenters. The van der Waals surface area contributed by atoms with Gasteiger partial charge >= 0.3 is 6.03 Å². The van der Waals surface area contributed by atoms with Crippen LogP contribution >= 0.6 is 0 Å². The van der Waals surface area contributed by atoms with E-state index in [1.165, 1.54) is 5.56 Å². The highest BCUT2D eigenvalue weighted by Gasteiger charge is 2.21. The van der Waals surface area contributed by atoms with Crippen molar-refractivity contribution < 1.29 is 9.53 Å². The number of ether oxygens (including phenoxy) is 1. The number of nitrogens with one attached hydrogen (secondary N) is 2. The Bertz CT molecular complexity index is 705. The van der Waals surface area contributed by atoms with E-state index in [2.05, 4.69) is 27.7 Å². The van der Waals surface area contributed by atoms with Crippen molar-refractivity contribution in [3.63, 3.8) is 0 Å². The van der Waals surface area contributed by atoms with Gasteiger partial charge in [0.05, 0.1) is 7.11 Å². The van der Waals surface area contributed by atoms with Gasteiger partial charge in [0.1, 0.15) is 5.75 Å². The van der Waals surface area contributed by atoms with Crippen LogP contribution in [0.2, 0.25) is 0 Å². The molecule has 0 bridgehead atoms. The van der Waals surface area contributed by atoms with Crippen molar-refractivity contribution in [2.75, 3.05) is 20.2 Å². The minimum Gasteiger partial charge on any atom is -0.497 e. The van der Waals surface area contributed by atoms with Gasteiger partial charge in [0.2, 0.25) is 0 Å². The van der Waals surface area contributed by atoms with Crippen LogP contribution in [0.15, 0.2) is 54.6 Å². The summed E-state index contributed by atoms with van der Waals surface area (Å²) in [7, 11) is 1.69. The van der Waals surface area contributed by atoms with E-state index in [0.717, 1.165) is 43.8 Å². The van der Waals surface area contributed by atoms with E-state index in [9.17, 15) is 4.79 Å². The fourth-order valence-corrected chi connectivity index (χ4v) is 3.36. The highest BCUT2D eigenvalue weighted by atomic mass is 16.5. The maximum absolute atomic E-state index is 12.2. The predicted octanol–water partition coefficient (Wildman–Crippen LogP) is 3.16. The quantitative estimate of drug-likeness (QED) is 0.839. The Balaban J connectivity index is 1.46. The van der Waals surface area contributed by atoms with Gasteiger partial charge in [-0.15, -0.1) is 0 Å². The van der Waals surface area contributed by atoms with E-state index >= 15 is 0 Å². The molecule has 5 nitrogen and oxygen atoms in total. The number of rotatable bonds is 6. The third-order valence-electron chi connectivity index (χ3n) is 4.68. The highest BCUT2D eigenvalue weighted by Crippen LogP contribution is 2.17. The minimum absolute atomic E-state index is 0.0953. The smallest absolute Gasteiger partial charge is 0.315 e. The van der Waals surface area contributed by atoms with E-state index in [0.29, 0.717) is 6.54 Å². The maximum Gasteiger partial charge on any atom is 0.315 e. The van der Waals surface area contributed by atoms with Crippen LogP contribution in [0.3, 0.4) is 0 Å². The molecule has 2 aromatic rings. The Morgan fingerprint density at radius 3 is 2.77 bits per heavy atom. The van der Waals surface area contributed by atoms with Crippen molar-refractivity contribution >= 4 is 6.03 Å². The first-order valence-electron chi connectivity index (χ1n) is 9.16. The number of urea groups is 1. The summed E-state index contributed by atoms with van der Waals surface area (Å²) in [6.07, 6.45) is 2.11. The zero-order valence-corrected chi connectivity index (χ0v) is 15.3. The molecule has 26 heavy (non-hydrogen) atoms. The molecule has 3 rings (SSSR count). The minimum atomic E-state index is -0.0953. The molecule has 2 N–H and O–H groups in total. The molecule has 2 aromatic carbocycles. The Kier molecular flexibility index (Phi) is 6.50. The van der Waals surface area contributed by atoms with Crippen LogP contribution in [0.25, 0.3) is 0 Å². The molecule has 1 fully saturated rings. The van der Waals surface area contributed by atoms with Gasteiger partial charge in [-0.1, -0.05) is 42.5 Å². The van der Waals surface area contributed by atoms with Crippen LogP contribution in [0.5, 0.6) is 5.75 Å². The van der Waals surface area contributed by atoms with Gasteiger partial charge in [-0.05, 0) is 42.6 Å². The molecule has 0 aromatic heterocycles. The maximum atomic E-state index is 12.2. The summed E-state index contributed by atoms with van der Waals surface area (Å²) < 4.78 is 5.30. The van der Waals surface area contributed by atoms with Gasteiger partial charge in [-0.25, -0.2) is 4.79 Å². The molecule has 138 valence electrons. The lowest BCUT2D eigenvalue weighted by atomic mass is 10.0. The fourth-order valence-electron chi connectivity index (χ4n) is 3.36. The SMILES string of the molecule is COc1cccc(CN2CCC[C@H](NC(=O)NCc3ccccc3)C2)c1. The molecule has 0 spiro atoms. The summed E-state index contributed by atoms with van der Waals surface area (Å²) in [6.45, 7) is 3.35. The van der Waals surface area contributed by atoms with Gasteiger partial charge in [0.25, 0.3) is 0 Å². The van der Waals surface area contributed by atoms with Gasteiger partial charge in [-0.3, -0.25) is 4.90 Å². The van der Waals surface area contributed by atoms with Gasteiger partial charge in [0, 0.05) is 25.7 Å². The topological polar surface area (TPSA) is 53.6 Å². The normalized spacial score (nSPS) is 17.5. The molecular formula is C21H27N3O2. The highest BCUT2D eigenvalue weighted by molar-refractivity contribution is 5.74. The average Bonchev–Trinajstić information content (AvgIpc) is 2.68. The van der Waals surface area contributed by atoms with Crippen LogP contribution < -0.4 is 15.4 Å². The number of likely N-dealkylation sites (tertiary alicyclic amines) is 1. The third-order valence-corrected chi connectivity index (χ3v) is 4.68. The molecular weight excluding hydrogens is 326 g/mol. The summed E-state index contributed by atoms with van der Waals surface area (Å²) in [5, 5.41) is 6.05. The van der Waals surface area contributed by atoms with Gasteiger partial charge < -0.3 is 15.4 Å². The summed E-state index contributed by atoms with van der Waals surface area (Å²) in [6, 6.07) is 18.2. The van der Waals surface area contributed by atoms with Gasteiger partial charge in [-0.2, -0.15) is 0 Å². The molecule has 1 heterocycles. The largest absolute Gasteiger partial charge is 0.497 e. The number of piperidine rings is 1. The zero-order chi connectivity index (χ0) is 18.2. The molecule has 0 unspecified atom stereocenters. The molecule has 5 heteroatoms. The lowest BCUT2D eigenvalue weighted by Crippen LogP contribution is -2.50. The van der Waals surface area contributed by atoms with E-state index in [4.69, 9.17) is 4.74 Å².